The van der Waals surface area contributed by atoms with Crippen LogP contribution in [0, 0.1) is 0 Å². The fourth-order valence-electron chi connectivity index (χ4n) is 2.16. The minimum absolute atomic E-state index is 0.168. The van der Waals surface area contributed by atoms with E-state index in [2.05, 4.69) is 23.9 Å². The molecule has 0 aliphatic carbocycles. The van der Waals surface area contributed by atoms with Gasteiger partial charge in [-0.05, 0) is 27.4 Å². The summed E-state index contributed by atoms with van der Waals surface area (Å²) in [5, 5.41) is 9.59. The molecular formula is C10H23N3O. The standard InChI is InChI=1S/C10H23N3O/c1-8(11)5-13-7-10(14)4-9(13)6-12(2)3/h8-10,14H,4-7,11H2,1-3H3. The van der Waals surface area contributed by atoms with Crippen molar-refractivity contribution in [2.75, 3.05) is 33.7 Å². The van der Waals surface area contributed by atoms with Crippen LogP contribution in [0.15, 0.2) is 0 Å². The van der Waals surface area contributed by atoms with E-state index < -0.39 is 0 Å². The van der Waals surface area contributed by atoms with Crippen LogP contribution in [0.25, 0.3) is 0 Å². The molecule has 4 nitrogen and oxygen atoms in total. The molecule has 14 heavy (non-hydrogen) atoms. The summed E-state index contributed by atoms with van der Waals surface area (Å²) < 4.78 is 0. The Kier molecular flexibility index (Phi) is 4.31. The predicted octanol–water partition coefficient (Wildman–Crippen LogP) is -0.670. The van der Waals surface area contributed by atoms with Gasteiger partial charge in [-0.25, -0.2) is 0 Å². The van der Waals surface area contributed by atoms with Gasteiger partial charge in [-0.3, -0.25) is 4.90 Å². The summed E-state index contributed by atoms with van der Waals surface area (Å²) in [6, 6.07) is 0.649. The Morgan fingerprint density at radius 3 is 2.71 bits per heavy atom. The summed E-state index contributed by atoms with van der Waals surface area (Å²) in [4.78, 5) is 4.46. The largest absolute Gasteiger partial charge is 0.392 e. The molecule has 0 aromatic rings. The zero-order valence-electron chi connectivity index (χ0n) is 9.48. The Labute approximate surface area is 86.7 Å². The van der Waals surface area contributed by atoms with Crippen LogP contribution < -0.4 is 5.73 Å². The highest BCUT2D eigenvalue weighted by Gasteiger charge is 2.31. The van der Waals surface area contributed by atoms with E-state index in [4.69, 9.17) is 5.73 Å². The topological polar surface area (TPSA) is 52.7 Å². The maximum Gasteiger partial charge on any atom is 0.0682 e. The first-order chi connectivity index (χ1) is 6.49. The van der Waals surface area contributed by atoms with Crippen molar-refractivity contribution in [3.63, 3.8) is 0 Å². The van der Waals surface area contributed by atoms with Gasteiger partial charge >= 0.3 is 0 Å². The van der Waals surface area contributed by atoms with Gasteiger partial charge in [-0.15, -0.1) is 0 Å². The fraction of sp³-hybridized carbons (Fsp3) is 1.00. The maximum atomic E-state index is 9.59. The first-order valence-electron chi connectivity index (χ1n) is 5.31. The molecule has 1 saturated heterocycles. The predicted molar refractivity (Wildman–Crippen MR) is 58.2 cm³/mol. The number of nitrogens with two attached hydrogens (primary N) is 1. The Bertz CT molecular complexity index is 155. The molecule has 0 aromatic heterocycles. The van der Waals surface area contributed by atoms with E-state index in [1.165, 1.54) is 0 Å². The summed E-state index contributed by atoms with van der Waals surface area (Å²) in [7, 11) is 4.13. The lowest BCUT2D eigenvalue weighted by atomic mass is 10.2. The number of aliphatic hydroxyl groups excluding tert-OH is 1. The van der Waals surface area contributed by atoms with Gasteiger partial charge in [0.15, 0.2) is 0 Å². The molecule has 1 rings (SSSR count). The first kappa shape index (κ1) is 11.9. The van der Waals surface area contributed by atoms with Crippen molar-refractivity contribution in [2.24, 2.45) is 5.73 Å². The average Bonchev–Trinajstić information content (AvgIpc) is 2.28. The SMILES string of the molecule is CC(N)CN1CC(O)CC1CN(C)C. The zero-order chi connectivity index (χ0) is 10.7. The third kappa shape index (κ3) is 3.53. The summed E-state index contributed by atoms with van der Waals surface area (Å²) in [5.41, 5.74) is 5.77. The van der Waals surface area contributed by atoms with Gasteiger partial charge in [-0.1, -0.05) is 0 Å². The summed E-state index contributed by atoms with van der Waals surface area (Å²) in [6.07, 6.45) is 0.712. The number of likely N-dealkylation sites (N-methyl/N-ethyl adjacent to an activating group) is 1. The molecule has 1 aliphatic heterocycles. The molecule has 3 atom stereocenters. The second-order valence-corrected chi connectivity index (χ2v) is 4.74. The van der Waals surface area contributed by atoms with Crippen LogP contribution in [0.5, 0.6) is 0 Å². The molecule has 1 fully saturated rings. The van der Waals surface area contributed by atoms with Crippen LogP contribution in [-0.2, 0) is 0 Å². The van der Waals surface area contributed by atoms with Gasteiger partial charge in [0.2, 0.25) is 0 Å². The van der Waals surface area contributed by atoms with Crippen molar-refractivity contribution in [2.45, 2.75) is 31.5 Å². The second kappa shape index (κ2) is 5.07. The lowest BCUT2D eigenvalue weighted by molar-refractivity contribution is 0.170. The van der Waals surface area contributed by atoms with Gasteiger partial charge in [0.25, 0.3) is 0 Å². The number of hydrogen-bond acceptors (Lipinski definition) is 4. The zero-order valence-corrected chi connectivity index (χ0v) is 9.48. The van der Waals surface area contributed by atoms with Gasteiger partial charge in [0.1, 0.15) is 0 Å². The van der Waals surface area contributed by atoms with Crippen LogP contribution in [-0.4, -0.2) is 66.8 Å². The van der Waals surface area contributed by atoms with Crippen LogP contribution in [0.3, 0.4) is 0 Å². The quantitative estimate of drug-likeness (QED) is 0.633. The molecule has 0 aromatic carbocycles. The van der Waals surface area contributed by atoms with Crippen molar-refractivity contribution in [3.05, 3.63) is 0 Å². The molecular weight excluding hydrogens is 178 g/mol. The lowest BCUT2D eigenvalue weighted by Gasteiger charge is -2.27. The molecule has 4 heteroatoms. The van der Waals surface area contributed by atoms with Crippen LogP contribution in [0.2, 0.25) is 0 Å². The molecule has 0 spiro atoms. The number of rotatable bonds is 4. The normalized spacial score (nSPS) is 31.3. The number of hydrogen-bond donors (Lipinski definition) is 2. The Morgan fingerprint density at radius 1 is 1.57 bits per heavy atom. The van der Waals surface area contributed by atoms with E-state index in [-0.39, 0.29) is 12.1 Å². The molecule has 84 valence electrons. The Morgan fingerprint density at radius 2 is 2.21 bits per heavy atom. The first-order valence-corrected chi connectivity index (χ1v) is 5.31. The minimum Gasteiger partial charge on any atom is -0.392 e. The third-order valence-corrected chi connectivity index (χ3v) is 2.60. The highest BCUT2D eigenvalue weighted by Crippen LogP contribution is 2.18. The molecule has 0 radical (unpaired) electrons. The van der Waals surface area contributed by atoms with E-state index in [9.17, 15) is 5.11 Å². The van der Waals surface area contributed by atoms with Crippen molar-refractivity contribution in [3.8, 4) is 0 Å². The van der Waals surface area contributed by atoms with Crippen molar-refractivity contribution in [1.82, 2.24) is 9.80 Å². The molecule has 0 bridgehead atoms. The van der Waals surface area contributed by atoms with Crippen molar-refractivity contribution < 1.29 is 5.11 Å². The second-order valence-electron chi connectivity index (χ2n) is 4.74. The van der Waals surface area contributed by atoms with Gasteiger partial charge < -0.3 is 15.7 Å². The van der Waals surface area contributed by atoms with Crippen LogP contribution >= 0.6 is 0 Å². The maximum absolute atomic E-state index is 9.59. The summed E-state index contributed by atoms with van der Waals surface area (Å²) in [5.74, 6) is 0. The number of likely N-dealkylation sites (tertiary alicyclic amines) is 1. The number of aliphatic hydroxyl groups is 1. The average molecular weight is 201 g/mol. The van der Waals surface area contributed by atoms with Crippen LogP contribution in [0.1, 0.15) is 13.3 Å². The smallest absolute Gasteiger partial charge is 0.0682 e. The third-order valence-electron chi connectivity index (χ3n) is 2.60. The summed E-state index contributed by atoms with van der Waals surface area (Å²) in [6.45, 7) is 4.68. The number of β-amino-alcohol motifs (C(OH)–C–C–N with tert-alkyl or cyclic N) is 1. The van der Waals surface area contributed by atoms with Gasteiger partial charge in [0, 0.05) is 31.7 Å². The highest BCUT2D eigenvalue weighted by atomic mass is 16.3. The van der Waals surface area contributed by atoms with E-state index in [1.807, 2.05) is 6.92 Å². The van der Waals surface area contributed by atoms with Crippen molar-refractivity contribution >= 4 is 0 Å². The minimum atomic E-state index is -0.168. The fourth-order valence-corrected chi connectivity index (χ4v) is 2.16. The molecule has 3 N–H and O–H groups in total. The van der Waals surface area contributed by atoms with E-state index >= 15 is 0 Å². The molecule has 3 unspecified atom stereocenters. The van der Waals surface area contributed by atoms with Crippen LogP contribution in [0.4, 0.5) is 0 Å². The van der Waals surface area contributed by atoms with Gasteiger partial charge in [-0.2, -0.15) is 0 Å². The molecule has 0 saturated carbocycles. The highest BCUT2D eigenvalue weighted by molar-refractivity contribution is 4.87. The Hall–Kier alpha value is -0.160. The number of nitrogens with zero attached hydrogens (tertiary/aromatic N) is 2. The monoisotopic (exact) mass is 201 g/mol. The van der Waals surface area contributed by atoms with E-state index in [1.54, 1.807) is 0 Å². The molecule has 0 amide bonds. The van der Waals surface area contributed by atoms with E-state index in [0.717, 1.165) is 26.1 Å². The van der Waals surface area contributed by atoms with E-state index in [0.29, 0.717) is 6.04 Å². The lowest BCUT2D eigenvalue weighted by Crippen LogP contribution is -2.43. The Balaban J connectivity index is 2.45. The molecule has 1 aliphatic rings. The summed E-state index contributed by atoms with van der Waals surface area (Å²) >= 11 is 0. The van der Waals surface area contributed by atoms with Crippen molar-refractivity contribution in [1.29, 1.82) is 0 Å². The molecule has 1 heterocycles. The van der Waals surface area contributed by atoms with Gasteiger partial charge in [0.05, 0.1) is 6.10 Å².